The summed E-state index contributed by atoms with van der Waals surface area (Å²) in [5.41, 5.74) is 0.755. The number of nitrogens with zero attached hydrogens (tertiary/aromatic N) is 1. The van der Waals surface area contributed by atoms with Gasteiger partial charge in [0.05, 0.1) is 0 Å². The summed E-state index contributed by atoms with van der Waals surface area (Å²) in [5, 5.41) is 0. The second kappa shape index (κ2) is 2.75. The third kappa shape index (κ3) is 0.856. The molecule has 0 aromatic rings. The number of piperidine rings is 1. The number of fused-ring (bicyclic) bond motifs is 3. The maximum atomic E-state index is 2.77. The van der Waals surface area contributed by atoms with Gasteiger partial charge in [0, 0.05) is 12.6 Å². The zero-order valence-corrected chi connectivity index (χ0v) is 9.79. The van der Waals surface area contributed by atoms with Crippen molar-refractivity contribution in [2.75, 3.05) is 13.1 Å². The molecule has 3 aliphatic rings. The van der Waals surface area contributed by atoms with Gasteiger partial charge < -0.3 is 0 Å². The molecular weight excluding hydrogens is 170 g/mol. The number of hydrogen-bond acceptors (Lipinski definition) is 1. The van der Waals surface area contributed by atoms with E-state index in [-0.39, 0.29) is 0 Å². The van der Waals surface area contributed by atoms with Gasteiger partial charge in [-0.3, -0.25) is 4.90 Å². The van der Waals surface area contributed by atoms with E-state index in [0.29, 0.717) is 0 Å². The zero-order chi connectivity index (χ0) is 9.92. The van der Waals surface area contributed by atoms with E-state index in [1.165, 1.54) is 32.4 Å². The van der Waals surface area contributed by atoms with Crippen LogP contribution < -0.4 is 0 Å². The predicted molar refractivity (Wildman–Crippen MR) is 59.1 cm³/mol. The fourth-order valence-corrected chi connectivity index (χ4v) is 4.94. The van der Waals surface area contributed by atoms with Crippen molar-refractivity contribution in [2.45, 2.75) is 46.1 Å². The van der Waals surface area contributed by atoms with Crippen LogP contribution in [-0.4, -0.2) is 24.0 Å². The molecule has 3 fully saturated rings. The highest BCUT2D eigenvalue weighted by molar-refractivity contribution is 5.21. The lowest BCUT2D eigenvalue weighted by Crippen LogP contribution is -2.34. The summed E-state index contributed by atoms with van der Waals surface area (Å²) in [5.74, 6) is 3.05. The first kappa shape index (κ1) is 9.21. The first-order valence-corrected chi connectivity index (χ1v) is 6.46. The molecule has 0 aromatic heterocycles. The van der Waals surface area contributed by atoms with E-state index in [1.807, 2.05) is 0 Å². The zero-order valence-electron chi connectivity index (χ0n) is 9.79. The highest BCUT2D eigenvalue weighted by Crippen LogP contribution is 2.71. The van der Waals surface area contributed by atoms with Crippen molar-refractivity contribution >= 4 is 0 Å². The highest BCUT2D eigenvalue weighted by Gasteiger charge is 2.71. The van der Waals surface area contributed by atoms with Crippen molar-refractivity contribution in [3.8, 4) is 0 Å². The highest BCUT2D eigenvalue weighted by atomic mass is 15.2. The summed E-state index contributed by atoms with van der Waals surface area (Å²) < 4.78 is 0. The molecule has 14 heavy (non-hydrogen) atoms. The molecule has 3 rings (SSSR count). The van der Waals surface area contributed by atoms with E-state index in [4.69, 9.17) is 0 Å². The third-order valence-electron chi connectivity index (χ3n) is 5.58. The van der Waals surface area contributed by atoms with Gasteiger partial charge >= 0.3 is 0 Å². The largest absolute Gasteiger partial charge is 0.300 e. The van der Waals surface area contributed by atoms with Crippen LogP contribution in [0.15, 0.2) is 0 Å². The molecule has 0 bridgehead atoms. The Hall–Kier alpha value is -0.0400. The van der Waals surface area contributed by atoms with Gasteiger partial charge in [0.1, 0.15) is 0 Å². The number of hydrogen-bond donors (Lipinski definition) is 0. The fraction of sp³-hybridized carbons (Fsp3) is 1.00. The maximum Gasteiger partial charge on any atom is 0.0133 e. The Morgan fingerprint density at radius 3 is 2.86 bits per heavy atom. The Morgan fingerprint density at radius 1 is 1.43 bits per heavy atom. The molecule has 0 amide bonds. The average Bonchev–Trinajstić information content (AvgIpc) is 2.48. The first-order chi connectivity index (χ1) is 6.71. The van der Waals surface area contributed by atoms with E-state index < -0.39 is 0 Å². The number of rotatable bonds is 2. The molecular formula is C13H23N. The normalized spacial score (nSPS) is 51.0. The smallest absolute Gasteiger partial charge is 0.0133 e. The molecule has 0 aromatic carbocycles. The molecule has 4 atom stereocenters. The van der Waals surface area contributed by atoms with Crippen LogP contribution in [0.1, 0.15) is 40.0 Å². The lowest BCUT2D eigenvalue weighted by molar-refractivity contribution is 0.171. The van der Waals surface area contributed by atoms with E-state index in [2.05, 4.69) is 25.7 Å². The topological polar surface area (TPSA) is 3.24 Å². The van der Waals surface area contributed by atoms with Gasteiger partial charge in [0.25, 0.3) is 0 Å². The minimum Gasteiger partial charge on any atom is -0.300 e. The molecule has 1 aliphatic carbocycles. The van der Waals surface area contributed by atoms with Crippen molar-refractivity contribution in [1.82, 2.24) is 4.90 Å². The molecule has 0 N–H and O–H groups in total. The summed E-state index contributed by atoms with van der Waals surface area (Å²) in [6.45, 7) is 10.1. The Bertz CT molecular complexity index is 248. The Kier molecular flexibility index (Phi) is 1.81. The van der Waals surface area contributed by atoms with Gasteiger partial charge in [0.15, 0.2) is 0 Å². The van der Waals surface area contributed by atoms with Gasteiger partial charge in [-0.15, -0.1) is 0 Å². The van der Waals surface area contributed by atoms with Gasteiger partial charge in [-0.05, 0) is 49.0 Å². The summed E-state index contributed by atoms with van der Waals surface area (Å²) in [4.78, 5) is 2.77. The van der Waals surface area contributed by atoms with E-state index >= 15 is 0 Å². The van der Waals surface area contributed by atoms with Crippen LogP contribution in [-0.2, 0) is 0 Å². The Balaban J connectivity index is 1.83. The minimum absolute atomic E-state index is 0.755. The van der Waals surface area contributed by atoms with Gasteiger partial charge in [-0.2, -0.15) is 0 Å². The molecule has 0 radical (unpaired) electrons. The molecule has 2 saturated heterocycles. The molecule has 1 saturated carbocycles. The second-order valence-corrected chi connectivity index (χ2v) is 5.96. The van der Waals surface area contributed by atoms with Crippen molar-refractivity contribution in [1.29, 1.82) is 0 Å². The summed E-state index contributed by atoms with van der Waals surface area (Å²) in [7, 11) is 0. The van der Waals surface area contributed by atoms with Crippen molar-refractivity contribution in [3.05, 3.63) is 0 Å². The molecule has 2 heterocycles. The van der Waals surface area contributed by atoms with Crippen molar-refractivity contribution in [2.24, 2.45) is 23.2 Å². The first-order valence-electron chi connectivity index (χ1n) is 6.46. The maximum absolute atomic E-state index is 2.77. The van der Waals surface area contributed by atoms with E-state index in [1.54, 1.807) is 0 Å². The average molecular weight is 193 g/mol. The van der Waals surface area contributed by atoms with Crippen molar-refractivity contribution in [3.63, 3.8) is 0 Å². The van der Waals surface area contributed by atoms with Crippen LogP contribution in [0, 0.1) is 23.2 Å². The molecule has 4 unspecified atom stereocenters. The Labute approximate surface area is 87.9 Å². The summed E-state index contributed by atoms with van der Waals surface area (Å²) in [6.07, 6.45) is 4.38. The summed E-state index contributed by atoms with van der Waals surface area (Å²) in [6, 6.07) is 0.988. The molecule has 80 valence electrons. The molecule has 0 spiro atoms. The molecule has 2 aliphatic heterocycles. The molecule has 1 heteroatoms. The van der Waals surface area contributed by atoms with Gasteiger partial charge in [-0.1, -0.05) is 20.8 Å². The minimum atomic E-state index is 0.755. The van der Waals surface area contributed by atoms with Crippen LogP contribution >= 0.6 is 0 Å². The van der Waals surface area contributed by atoms with Gasteiger partial charge in [-0.25, -0.2) is 0 Å². The van der Waals surface area contributed by atoms with Crippen molar-refractivity contribution < 1.29 is 0 Å². The third-order valence-corrected chi connectivity index (χ3v) is 5.58. The van der Waals surface area contributed by atoms with Crippen LogP contribution in [0.2, 0.25) is 0 Å². The summed E-state index contributed by atoms with van der Waals surface area (Å²) >= 11 is 0. The van der Waals surface area contributed by atoms with Gasteiger partial charge in [0.2, 0.25) is 0 Å². The second-order valence-electron chi connectivity index (χ2n) is 5.96. The standard InChI is InChI=1S/C13H23N/c1-4-13(9(2)3)10-8-14-7-5-6-11(14)12(10)13/h9-12H,4-8H2,1-3H3. The fourth-order valence-electron chi connectivity index (χ4n) is 4.94. The predicted octanol–water partition coefficient (Wildman–Crippen LogP) is 2.76. The van der Waals surface area contributed by atoms with E-state index in [9.17, 15) is 0 Å². The monoisotopic (exact) mass is 193 g/mol. The SMILES string of the molecule is CCC1(C(C)C)C2CN3CCCC3C21. The van der Waals surface area contributed by atoms with Crippen LogP contribution in [0.4, 0.5) is 0 Å². The van der Waals surface area contributed by atoms with Crippen LogP contribution in [0.3, 0.4) is 0 Å². The quantitative estimate of drug-likeness (QED) is 0.652. The lowest BCUT2D eigenvalue weighted by atomic mass is 9.83. The Morgan fingerprint density at radius 2 is 2.21 bits per heavy atom. The lowest BCUT2D eigenvalue weighted by Gasteiger charge is -2.30. The van der Waals surface area contributed by atoms with Crippen LogP contribution in [0.25, 0.3) is 0 Å². The van der Waals surface area contributed by atoms with E-state index in [0.717, 1.165) is 29.2 Å². The molecule has 1 nitrogen and oxygen atoms in total. The van der Waals surface area contributed by atoms with Crippen LogP contribution in [0.5, 0.6) is 0 Å².